The second-order valence-electron chi connectivity index (χ2n) is 5.63. The molecule has 2 N–H and O–H groups in total. The monoisotopic (exact) mass is 376 g/mol. The van der Waals surface area contributed by atoms with E-state index in [0.29, 0.717) is 45.5 Å². The lowest BCUT2D eigenvalue weighted by atomic mass is 10.1. The molecule has 0 bridgehead atoms. The van der Waals surface area contributed by atoms with Crippen LogP contribution in [0.5, 0.6) is 0 Å². The fourth-order valence-electron chi connectivity index (χ4n) is 2.86. The van der Waals surface area contributed by atoms with E-state index in [-0.39, 0.29) is 0 Å². The van der Waals surface area contributed by atoms with Gasteiger partial charge in [-0.3, -0.25) is 0 Å². The molecule has 1 aromatic rings. The van der Waals surface area contributed by atoms with Crippen molar-refractivity contribution >= 4 is 45.3 Å². The number of hydrogen-bond donors (Lipinski definition) is 2. The number of thioether (sulfide) groups is 2. The maximum Gasteiger partial charge on any atom is 0.154 e. The normalized spacial score (nSPS) is 31.7. The Balaban J connectivity index is 1.63. The summed E-state index contributed by atoms with van der Waals surface area (Å²) in [6.45, 7) is 0.671. The summed E-state index contributed by atoms with van der Waals surface area (Å²) in [7, 11) is 0.813. The van der Waals surface area contributed by atoms with E-state index >= 15 is 0 Å². The molecule has 0 aliphatic carbocycles. The molecule has 4 atom stereocenters. The Morgan fingerprint density at radius 2 is 1.41 bits per heavy atom. The van der Waals surface area contributed by atoms with Gasteiger partial charge in [0.15, 0.2) is 10.2 Å². The largest absolute Gasteiger partial charge is 0.391 e. The Labute approximate surface area is 147 Å². The highest BCUT2D eigenvalue weighted by Gasteiger charge is 2.36. The van der Waals surface area contributed by atoms with Gasteiger partial charge in [0.05, 0.1) is 23.7 Å². The summed E-state index contributed by atoms with van der Waals surface area (Å²) in [6, 6.07) is 9.20. The van der Waals surface area contributed by atoms with Gasteiger partial charge in [-0.2, -0.15) is 0 Å². The third-order valence-corrected chi connectivity index (χ3v) is 13.0. The molecule has 2 nitrogen and oxygen atoms in total. The van der Waals surface area contributed by atoms with Crippen molar-refractivity contribution in [3.63, 3.8) is 0 Å². The van der Waals surface area contributed by atoms with Gasteiger partial charge >= 0.3 is 0 Å². The molecule has 0 saturated carbocycles. The van der Waals surface area contributed by atoms with E-state index in [0.717, 1.165) is 11.5 Å². The van der Waals surface area contributed by atoms with Gasteiger partial charge in [-0.05, 0) is 11.1 Å². The molecule has 0 spiro atoms. The second-order valence-corrected chi connectivity index (χ2v) is 13.3. The smallest absolute Gasteiger partial charge is 0.154 e. The summed E-state index contributed by atoms with van der Waals surface area (Å²) in [4.78, 5) is 0. The van der Waals surface area contributed by atoms with E-state index < -0.39 is 0 Å². The van der Waals surface area contributed by atoms with Crippen LogP contribution < -0.4 is 0 Å². The van der Waals surface area contributed by atoms with Gasteiger partial charge in [-0.25, -0.2) is 0 Å². The molecule has 122 valence electrons. The molecule has 2 fully saturated rings. The topological polar surface area (TPSA) is 40.5 Å². The number of benzene rings is 1. The molecule has 4 unspecified atom stereocenters. The fourth-order valence-corrected chi connectivity index (χ4v) is 12.1. The predicted octanol–water partition coefficient (Wildman–Crippen LogP) is 2.40. The molecule has 1 aromatic carbocycles. The minimum absolute atomic E-state index is 0.336. The number of hydrogen-bond acceptors (Lipinski definition) is 4. The summed E-state index contributed by atoms with van der Waals surface area (Å²) in [5, 5.41) is 21.9. The van der Waals surface area contributed by atoms with Crippen LogP contribution in [0.4, 0.5) is 0 Å². The maximum atomic E-state index is 9.12. The van der Waals surface area contributed by atoms with Crippen LogP contribution in [0.2, 0.25) is 0 Å². The fraction of sp³-hybridized carbons (Fsp3) is 0.625. The summed E-state index contributed by atoms with van der Waals surface area (Å²) < 4.78 is 0. The summed E-state index contributed by atoms with van der Waals surface area (Å²) >= 11 is 4.13. The molecule has 2 aliphatic rings. The van der Waals surface area contributed by atoms with Crippen LogP contribution in [0.15, 0.2) is 24.3 Å². The molecule has 0 aromatic heterocycles. The summed E-state index contributed by atoms with van der Waals surface area (Å²) in [6.07, 6.45) is 0. The van der Waals surface area contributed by atoms with Crippen molar-refractivity contribution in [1.29, 1.82) is 0 Å². The van der Waals surface area contributed by atoms with E-state index in [4.69, 9.17) is 10.2 Å². The zero-order valence-electron chi connectivity index (χ0n) is 12.6. The van der Waals surface area contributed by atoms with Crippen LogP contribution in [-0.2, 0) is 21.8 Å². The maximum absolute atomic E-state index is 9.12. The Kier molecular flexibility index (Phi) is 6.77. The van der Waals surface area contributed by atoms with Crippen molar-refractivity contribution in [3.8, 4) is 0 Å². The van der Waals surface area contributed by atoms with Crippen LogP contribution in [0.3, 0.4) is 0 Å². The van der Waals surface area contributed by atoms with Gasteiger partial charge in [0, 0.05) is 21.8 Å². The van der Waals surface area contributed by atoms with E-state index in [9.17, 15) is 0 Å². The molecular weight excluding hydrogens is 352 g/mol. The minimum Gasteiger partial charge on any atom is -0.391 e. The molecule has 6 heteroatoms. The summed E-state index contributed by atoms with van der Waals surface area (Å²) in [5.41, 5.74) is 2.95. The van der Waals surface area contributed by atoms with Gasteiger partial charge in [0.1, 0.15) is 23.0 Å². The molecule has 2 aliphatic heterocycles. The molecular formula is C16H24O2S4+2. The average Bonchev–Trinajstić information content (AvgIpc) is 3.18. The molecule has 2 heterocycles. The van der Waals surface area contributed by atoms with Crippen LogP contribution in [0.1, 0.15) is 21.6 Å². The van der Waals surface area contributed by atoms with Gasteiger partial charge < -0.3 is 10.2 Å². The molecule has 0 radical (unpaired) electrons. The molecule has 2 saturated heterocycles. The lowest BCUT2D eigenvalue weighted by Gasteiger charge is -2.11. The van der Waals surface area contributed by atoms with Gasteiger partial charge in [-0.15, -0.1) is 0 Å². The Morgan fingerprint density at radius 1 is 0.909 bits per heavy atom. The third-order valence-electron chi connectivity index (χ3n) is 4.06. The SMILES string of the molecule is OCC[S+]1CSC(c2cccc(C3C[S+](CCO)CS3)c2)C1. The van der Waals surface area contributed by atoms with Crippen molar-refractivity contribution in [2.75, 3.05) is 46.4 Å². The van der Waals surface area contributed by atoms with Crippen LogP contribution in [0.25, 0.3) is 0 Å². The summed E-state index contributed by atoms with van der Waals surface area (Å²) in [5.74, 6) is 4.43. The Hall–Kier alpha value is 0.540. The second kappa shape index (κ2) is 8.58. The predicted molar refractivity (Wildman–Crippen MR) is 105 cm³/mol. The zero-order chi connectivity index (χ0) is 15.4. The molecule has 3 rings (SSSR count). The van der Waals surface area contributed by atoms with Crippen molar-refractivity contribution in [3.05, 3.63) is 35.4 Å². The number of aliphatic hydroxyl groups excluding tert-OH is 2. The highest BCUT2D eigenvalue weighted by atomic mass is 32.3. The van der Waals surface area contributed by atoms with E-state index in [1.807, 2.05) is 0 Å². The van der Waals surface area contributed by atoms with Crippen LogP contribution >= 0.6 is 23.5 Å². The third kappa shape index (κ3) is 4.33. The Bertz CT molecular complexity index is 446. The van der Waals surface area contributed by atoms with Crippen molar-refractivity contribution < 1.29 is 10.2 Å². The van der Waals surface area contributed by atoms with Gasteiger partial charge in [0.25, 0.3) is 0 Å². The van der Waals surface area contributed by atoms with E-state index in [1.54, 1.807) is 0 Å². The minimum atomic E-state index is 0.336. The molecule has 0 amide bonds. The highest BCUT2D eigenvalue weighted by Crippen LogP contribution is 2.42. The van der Waals surface area contributed by atoms with Gasteiger partial charge in [0.2, 0.25) is 0 Å². The first-order chi connectivity index (χ1) is 10.8. The lowest BCUT2D eigenvalue weighted by molar-refractivity contribution is 0.321. The first kappa shape index (κ1) is 17.4. The van der Waals surface area contributed by atoms with Crippen molar-refractivity contribution in [2.24, 2.45) is 0 Å². The lowest BCUT2D eigenvalue weighted by Crippen LogP contribution is -2.14. The first-order valence-electron chi connectivity index (χ1n) is 7.63. The number of aliphatic hydroxyl groups is 2. The van der Waals surface area contributed by atoms with Crippen LogP contribution in [0, 0.1) is 0 Å². The van der Waals surface area contributed by atoms with Gasteiger partial charge in [-0.1, -0.05) is 47.8 Å². The van der Waals surface area contributed by atoms with Crippen molar-refractivity contribution in [2.45, 2.75) is 10.5 Å². The standard InChI is InChI=1S/C16H24O2S4/c17-4-6-21-9-15(19-11-21)13-2-1-3-14(8-13)16-10-22(7-5-18)12-20-16/h1-3,8,15-18H,4-7,9-12H2/q+2. The molecule has 22 heavy (non-hydrogen) atoms. The zero-order valence-corrected chi connectivity index (χ0v) is 15.9. The van der Waals surface area contributed by atoms with Crippen molar-refractivity contribution in [1.82, 2.24) is 0 Å². The quantitative estimate of drug-likeness (QED) is 0.748. The highest BCUT2D eigenvalue weighted by molar-refractivity contribution is 8.18. The first-order valence-corrected chi connectivity index (χ1v) is 13.2. The Morgan fingerprint density at radius 3 is 1.86 bits per heavy atom. The van der Waals surface area contributed by atoms with Crippen LogP contribution in [-0.4, -0.2) is 56.6 Å². The van der Waals surface area contributed by atoms with E-state index in [1.165, 1.54) is 32.8 Å². The average molecular weight is 377 g/mol. The van der Waals surface area contributed by atoms with E-state index in [2.05, 4.69) is 47.8 Å². The number of rotatable bonds is 6.